The van der Waals surface area contributed by atoms with Crippen LogP contribution in [-0.4, -0.2) is 47.3 Å². The number of imidazole rings is 1. The minimum Gasteiger partial charge on any atom is -0.379 e. The Bertz CT molecular complexity index is 714. The maximum Gasteiger partial charge on any atom is 0.418 e. The number of nitrogens with one attached hydrogen (secondary N) is 1. The second-order valence-corrected chi connectivity index (χ2v) is 5.23. The van der Waals surface area contributed by atoms with Crippen LogP contribution in [0.5, 0.6) is 0 Å². The van der Waals surface area contributed by atoms with Crippen LogP contribution in [0.1, 0.15) is 5.56 Å². The highest BCUT2D eigenvalue weighted by Crippen LogP contribution is 2.33. The van der Waals surface area contributed by atoms with Gasteiger partial charge in [0.2, 0.25) is 0 Å². The number of benzene rings is 1. The number of hydrogen-bond acceptors (Lipinski definition) is 3. The number of morpholine rings is 1. The summed E-state index contributed by atoms with van der Waals surface area (Å²) in [7, 11) is 0. The van der Waals surface area contributed by atoms with Gasteiger partial charge in [0.15, 0.2) is 0 Å². The largest absolute Gasteiger partial charge is 0.418 e. The van der Waals surface area contributed by atoms with Crippen LogP contribution < -0.4 is 5.69 Å². The van der Waals surface area contributed by atoms with Crippen LogP contribution in [0.25, 0.3) is 11.0 Å². The van der Waals surface area contributed by atoms with Crippen molar-refractivity contribution in [3.05, 3.63) is 34.2 Å². The van der Waals surface area contributed by atoms with Crippen LogP contribution in [-0.2, 0) is 17.5 Å². The molecule has 5 nitrogen and oxygen atoms in total. The van der Waals surface area contributed by atoms with E-state index in [0.29, 0.717) is 26.3 Å². The van der Waals surface area contributed by atoms with Crippen molar-refractivity contribution in [1.82, 2.24) is 14.5 Å². The van der Waals surface area contributed by atoms with Gasteiger partial charge in [-0.3, -0.25) is 9.47 Å². The van der Waals surface area contributed by atoms with Crippen LogP contribution in [0.2, 0.25) is 0 Å². The molecule has 0 unspecified atom stereocenters. The van der Waals surface area contributed by atoms with Crippen LogP contribution in [0, 0.1) is 0 Å². The number of ether oxygens (including phenoxy) is 1. The molecule has 0 aliphatic carbocycles. The number of aromatic nitrogens is 2. The van der Waals surface area contributed by atoms with E-state index in [1.165, 1.54) is 16.7 Å². The van der Waals surface area contributed by atoms with Gasteiger partial charge in [-0.15, -0.1) is 0 Å². The second kappa shape index (κ2) is 5.77. The number of hydrogen-bond donors (Lipinski definition) is 1. The molecule has 0 radical (unpaired) electrons. The summed E-state index contributed by atoms with van der Waals surface area (Å²) in [6, 6.07) is 3.83. The molecular weight excluding hydrogens is 299 g/mol. The Kier molecular flexibility index (Phi) is 3.96. The number of para-hydroxylation sites is 1. The van der Waals surface area contributed by atoms with Crippen molar-refractivity contribution in [2.24, 2.45) is 0 Å². The van der Waals surface area contributed by atoms with E-state index in [1.807, 2.05) is 0 Å². The molecule has 1 aromatic carbocycles. The predicted molar refractivity (Wildman–Crippen MR) is 74.8 cm³/mol. The van der Waals surface area contributed by atoms with E-state index in [4.69, 9.17) is 4.74 Å². The molecule has 1 saturated heterocycles. The average molecular weight is 315 g/mol. The van der Waals surface area contributed by atoms with E-state index in [-0.39, 0.29) is 11.0 Å². The lowest BCUT2D eigenvalue weighted by atomic mass is 10.2. The lowest BCUT2D eigenvalue weighted by Gasteiger charge is -2.26. The number of H-pyrrole nitrogens is 1. The van der Waals surface area contributed by atoms with Gasteiger partial charge < -0.3 is 9.72 Å². The highest BCUT2D eigenvalue weighted by molar-refractivity contribution is 5.79. The smallest absolute Gasteiger partial charge is 0.379 e. The molecule has 2 aromatic rings. The number of nitrogens with zero attached hydrogens (tertiary/aromatic N) is 2. The number of alkyl halides is 3. The highest BCUT2D eigenvalue weighted by Gasteiger charge is 2.33. The van der Waals surface area contributed by atoms with Gasteiger partial charge in [-0.25, -0.2) is 4.79 Å². The predicted octanol–water partition coefficient (Wildman–Crippen LogP) is 1.68. The average Bonchev–Trinajstić information content (AvgIpc) is 2.80. The molecule has 22 heavy (non-hydrogen) atoms. The number of aromatic amines is 1. The Hall–Kier alpha value is -1.80. The highest BCUT2D eigenvalue weighted by atomic mass is 19.4. The monoisotopic (exact) mass is 315 g/mol. The molecule has 0 atom stereocenters. The summed E-state index contributed by atoms with van der Waals surface area (Å²) in [6.07, 6.45) is -4.49. The van der Waals surface area contributed by atoms with Gasteiger partial charge in [0, 0.05) is 26.2 Å². The van der Waals surface area contributed by atoms with Crippen molar-refractivity contribution in [3.8, 4) is 0 Å². The first-order valence-electron chi connectivity index (χ1n) is 7.05. The Morgan fingerprint density at radius 2 is 1.91 bits per heavy atom. The van der Waals surface area contributed by atoms with Gasteiger partial charge in [0.05, 0.1) is 29.8 Å². The van der Waals surface area contributed by atoms with Crippen LogP contribution >= 0.6 is 0 Å². The van der Waals surface area contributed by atoms with Crippen molar-refractivity contribution < 1.29 is 17.9 Å². The standard InChI is InChI=1S/C14H16F3N3O2/c15-14(16,17)10-2-1-3-11-12(10)18-13(21)20(11)5-4-19-6-8-22-9-7-19/h1-3H,4-9H2,(H,18,21). The molecule has 8 heteroatoms. The first-order valence-corrected chi connectivity index (χ1v) is 7.05. The normalized spacial score (nSPS) is 17.2. The third-order valence-electron chi connectivity index (χ3n) is 3.86. The van der Waals surface area contributed by atoms with Gasteiger partial charge in [-0.1, -0.05) is 6.07 Å². The van der Waals surface area contributed by atoms with Crippen LogP contribution in [0.3, 0.4) is 0 Å². The molecule has 0 amide bonds. The Morgan fingerprint density at radius 1 is 1.18 bits per heavy atom. The molecule has 1 N–H and O–H groups in total. The zero-order valence-electron chi connectivity index (χ0n) is 11.8. The molecule has 1 fully saturated rings. The first kappa shape index (κ1) is 15.1. The Morgan fingerprint density at radius 3 is 2.59 bits per heavy atom. The molecular formula is C14H16F3N3O2. The molecule has 2 heterocycles. The summed E-state index contributed by atoms with van der Waals surface area (Å²) in [4.78, 5) is 16.4. The van der Waals surface area contributed by atoms with Crippen molar-refractivity contribution in [1.29, 1.82) is 0 Å². The zero-order chi connectivity index (χ0) is 15.7. The SMILES string of the molecule is O=c1[nH]c2c(C(F)(F)F)cccc2n1CCN1CCOCC1. The van der Waals surface area contributed by atoms with Gasteiger partial charge in [0.25, 0.3) is 0 Å². The summed E-state index contributed by atoms with van der Waals surface area (Å²) in [5.74, 6) is 0. The Labute approximate surface area is 124 Å². The van der Waals surface area contributed by atoms with Crippen molar-refractivity contribution in [3.63, 3.8) is 0 Å². The third-order valence-corrected chi connectivity index (χ3v) is 3.86. The lowest BCUT2D eigenvalue weighted by molar-refractivity contribution is -0.136. The first-order chi connectivity index (χ1) is 10.5. The van der Waals surface area contributed by atoms with E-state index >= 15 is 0 Å². The molecule has 3 rings (SSSR count). The van der Waals surface area contributed by atoms with Crippen molar-refractivity contribution in [2.45, 2.75) is 12.7 Å². The van der Waals surface area contributed by atoms with E-state index in [0.717, 1.165) is 19.2 Å². The van der Waals surface area contributed by atoms with Crippen molar-refractivity contribution >= 4 is 11.0 Å². The summed E-state index contributed by atoms with van der Waals surface area (Å²) in [5, 5.41) is 0. The minimum absolute atomic E-state index is 0.151. The van der Waals surface area contributed by atoms with Gasteiger partial charge >= 0.3 is 11.9 Å². The van der Waals surface area contributed by atoms with Gasteiger partial charge in [-0.2, -0.15) is 13.2 Å². The summed E-state index contributed by atoms with van der Waals surface area (Å²) >= 11 is 0. The van der Waals surface area contributed by atoms with Crippen LogP contribution in [0.15, 0.2) is 23.0 Å². The Balaban J connectivity index is 1.90. The fraction of sp³-hybridized carbons (Fsp3) is 0.500. The number of halogens is 3. The van der Waals surface area contributed by atoms with E-state index < -0.39 is 17.4 Å². The van der Waals surface area contributed by atoms with E-state index in [1.54, 1.807) is 0 Å². The third kappa shape index (κ3) is 2.89. The summed E-state index contributed by atoms with van der Waals surface area (Å²) in [6.45, 7) is 3.77. The second-order valence-electron chi connectivity index (χ2n) is 5.23. The molecule has 0 saturated carbocycles. The fourth-order valence-corrected chi connectivity index (χ4v) is 2.70. The molecule has 1 aromatic heterocycles. The lowest BCUT2D eigenvalue weighted by Crippen LogP contribution is -2.39. The molecule has 1 aliphatic heterocycles. The fourth-order valence-electron chi connectivity index (χ4n) is 2.70. The van der Waals surface area contributed by atoms with E-state index in [9.17, 15) is 18.0 Å². The zero-order valence-corrected chi connectivity index (χ0v) is 11.8. The number of rotatable bonds is 3. The minimum atomic E-state index is -4.49. The molecule has 0 bridgehead atoms. The van der Waals surface area contributed by atoms with Crippen LogP contribution in [0.4, 0.5) is 13.2 Å². The van der Waals surface area contributed by atoms with Gasteiger partial charge in [0.1, 0.15) is 0 Å². The quantitative estimate of drug-likeness (QED) is 0.937. The summed E-state index contributed by atoms with van der Waals surface area (Å²) < 4.78 is 45.5. The van der Waals surface area contributed by atoms with E-state index in [2.05, 4.69) is 9.88 Å². The molecule has 0 spiro atoms. The maximum absolute atomic E-state index is 13.0. The summed E-state index contributed by atoms with van der Waals surface area (Å²) in [5.41, 5.74) is -1.19. The molecule has 1 aliphatic rings. The number of fused-ring (bicyclic) bond motifs is 1. The topological polar surface area (TPSA) is 50.3 Å². The molecule has 120 valence electrons. The van der Waals surface area contributed by atoms with Crippen molar-refractivity contribution in [2.75, 3.05) is 32.8 Å². The van der Waals surface area contributed by atoms with Gasteiger partial charge in [-0.05, 0) is 12.1 Å². The maximum atomic E-state index is 13.0.